The number of carbonyl (C=O) groups is 1. The zero-order chi connectivity index (χ0) is 13.3. The van der Waals surface area contributed by atoms with Crippen molar-refractivity contribution in [2.75, 3.05) is 0 Å². The molecule has 0 bridgehead atoms. The number of fused-ring (bicyclic) bond motifs is 1. The molecule has 7 nitrogen and oxygen atoms in total. The summed E-state index contributed by atoms with van der Waals surface area (Å²) >= 11 is 0. The van der Waals surface area contributed by atoms with Crippen molar-refractivity contribution in [3.8, 4) is 0 Å². The lowest BCUT2D eigenvalue weighted by atomic mass is 10.2. The van der Waals surface area contributed by atoms with Gasteiger partial charge in [-0.1, -0.05) is 12.1 Å². The summed E-state index contributed by atoms with van der Waals surface area (Å²) in [6.45, 7) is -0.251. The molecule has 1 aromatic heterocycles. The molecule has 8 heteroatoms. The number of nitrogens with two attached hydrogens (primary N) is 1. The molecule has 0 saturated carbocycles. The van der Waals surface area contributed by atoms with Gasteiger partial charge in [-0.05, 0) is 12.1 Å². The standard InChI is InChI=1S/C11H11N3O4.ClH/c12-6(11(17)18)5-14-8-4-2-1-3-7(8)13-9(15)10(14)16;/h1-4,6H,5,12H2,(H,13,15)(H,17,18);1H/t6-;/m0./s1. The fourth-order valence-corrected chi connectivity index (χ4v) is 1.68. The van der Waals surface area contributed by atoms with Gasteiger partial charge in [0.05, 0.1) is 17.6 Å². The fourth-order valence-electron chi connectivity index (χ4n) is 1.68. The Bertz CT molecular complexity index is 722. The number of aliphatic carboxylic acids is 1. The van der Waals surface area contributed by atoms with E-state index in [4.69, 9.17) is 10.8 Å². The summed E-state index contributed by atoms with van der Waals surface area (Å²) in [5, 5.41) is 8.75. The number of nitrogens with zero attached hydrogens (tertiary/aromatic N) is 1. The van der Waals surface area contributed by atoms with Crippen LogP contribution in [0.5, 0.6) is 0 Å². The van der Waals surface area contributed by atoms with E-state index in [2.05, 4.69) is 4.98 Å². The molecule has 1 aromatic carbocycles. The highest BCUT2D eigenvalue weighted by Gasteiger charge is 2.15. The van der Waals surface area contributed by atoms with Crippen LogP contribution in [0.2, 0.25) is 0 Å². The van der Waals surface area contributed by atoms with Gasteiger partial charge in [-0.15, -0.1) is 12.4 Å². The summed E-state index contributed by atoms with van der Waals surface area (Å²) < 4.78 is 1.08. The number of para-hydroxylation sites is 2. The van der Waals surface area contributed by atoms with E-state index in [9.17, 15) is 14.4 Å². The molecule has 0 aliphatic carbocycles. The van der Waals surface area contributed by atoms with Gasteiger partial charge in [0, 0.05) is 0 Å². The van der Waals surface area contributed by atoms with Gasteiger partial charge in [0.1, 0.15) is 6.04 Å². The number of benzene rings is 1. The molecule has 19 heavy (non-hydrogen) atoms. The van der Waals surface area contributed by atoms with Crippen LogP contribution in [0.4, 0.5) is 0 Å². The molecule has 0 aliphatic rings. The molecule has 0 fully saturated rings. The summed E-state index contributed by atoms with van der Waals surface area (Å²) in [6, 6.07) is 5.38. The van der Waals surface area contributed by atoms with Crippen LogP contribution in [-0.2, 0) is 11.3 Å². The maximum Gasteiger partial charge on any atom is 0.322 e. The lowest BCUT2D eigenvalue weighted by Crippen LogP contribution is -2.43. The van der Waals surface area contributed by atoms with E-state index in [1.165, 1.54) is 0 Å². The van der Waals surface area contributed by atoms with E-state index in [0.717, 1.165) is 4.57 Å². The van der Waals surface area contributed by atoms with E-state index in [1.807, 2.05) is 0 Å². The zero-order valence-corrected chi connectivity index (χ0v) is 10.5. The van der Waals surface area contributed by atoms with Gasteiger partial charge in [-0.25, -0.2) is 0 Å². The summed E-state index contributed by atoms with van der Waals surface area (Å²) in [5.41, 5.74) is 4.67. The van der Waals surface area contributed by atoms with Gasteiger partial charge in [-0.3, -0.25) is 19.0 Å². The first-order valence-electron chi connectivity index (χ1n) is 5.21. The van der Waals surface area contributed by atoms with E-state index >= 15 is 0 Å². The minimum Gasteiger partial charge on any atom is -0.480 e. The highest BCUT2D eigenvalue weighted by Crippen LogP contribution is 2.07. The number of carboxylic acid groups (broad SMARTS) is 1. The molecule has 0 saturated heterocycles. The third-order valence-corrected chi connectivity index (χ3v) is 2.58. The third kappa shape index (κ3) is 2.83. The summed E-state index contributed by atoms with van der Waals surface area (Å²) in [4.78, 5) is 36.3. The Morgan fingerprint density at radius 3 is 2.63 bits per heavy atom. The highest BCUT2D eigenvalue weighted by atomic mass is 35.5. The number of hydrogen-bond donors (Lipinski definition) is 3. The zero-order valence-electron chi connectivity index (χ0n) is 9.70. The predicted molar refractivity (Wildman–Crippen MR) is 71.7 cm³/mol. The van der Waals surface area contributed by atoms with Gasteiger partial charge in [-0.2, -0.15) is 0 Å². The van der Waals surface area contributed by atoms with Crippen molar-refractivity contribution in [3.63, 3.8) is 0 Å². The third-order valence-electron chi connectivity index (χ3n) is 2.58. The van der Waals surface area contributed by atoms with Crippen molar-refractivity contribution in [2.45, 2.75) is 12.6 Å². The van der Waals surface area contributed by atoms with E-state index in [0.29, 0.717) is 11.0 Å². The van der Waals surface area contributed by atoms with Gasteiger partial charge < -0.3 is 15.8 Å². The molecule has 1 atom stereocenters. The topological polar surface area (TPSA) is 118 Å². The molecule has 2 rings (SSSR count). The SMILES string of the molecule is Cl.N[C@@H](Cn1c(=O)c(=O)[nH]c2ccccc21)C(=O)O. The van der Waals surface area contributed by atoms with E-state index in [1.54, 1.807) is 24.3 Å². The van der Waals surface area contributed by atoms with Crippen molar-refractivity contribution in [1.29, 1.82) is 0 Å². The Morgan fingerprint density at radius 1 is 1.37 bits per heavy atom. The first kappa shape index (κ1) is 14.9. The Labute approximate surface area is 113 Å². The molecule has 0 spiro atoms. The fraction of sp³-hybridized carbons (Fsp3) is 0.182. The van der Waals surface area contributed by atoms with Gasteiger partial charge in [0.25, 0.3) is 0 Å². The Hall–Kier alpha value is -2.12. The molecule has 102 valence electrons. The van der Waals surface area contributed by atoms with Crippen LogP contribution in [0, 0.1) is 0 Å². The van der Waals surface area contributed by atoms with Crippen LogP contribution >= 0.6 is 12.4 Å². The number of H-pyrrole nitrogens is 1. The average Bonchev–Trinajstić information content (AvgIpc) is 2.34. The second-order valence-electron chi connectivity index (χ2n) is 3.83. The number of hydrogen-bond acceptors (Lipinski definition) is 4. The number of carboxylic acids is 1. The average molecular weight is 286 g/mol. The summed E-state index contributed by atoms with van der Waals surface area (Å²) in [5.74, 6) is -1.23. The molecule has 0 amide bonds. The molecule has 4 N–H and O–H groups in total. The lowest BCUT2D eigenvalue weighted by Gasteiger charge is -2.11. The number of halogens is 1. The summed E-state index contributed by atoms with van der Waals surface area (Å²) in [6.07, 6.45) is 0. The lowest BCUT2D eigenvalue weighted by molar-refractivity contribution is -0.138. The maximum atomic E-state index is 11.7. The van der Waals surface area contributed by atoms with Crippen LogP contribution < -0.4 is 16.9 Å². The molecular weight excluding hydrogens is 274 g/mol. The van der Waals surface area contributed by atoms with Crippen molar-refractivity contribution in [1.82, 2.24) is 9.55 Å². The Kier molecular flexibility index (Phi) is 4.47. The quantitative estimate of drug-likeness (QED) is 0.659. The first-order valence-corrected chi connectivity index (χ1v) is 5.21. The number of nitrogens with one attached hydrogen (secondary N) is 1. The minimum atomic E-state index is -1.24. The van der Waals surface area contributed by atoms with E-state index in [-0.39, 0.29) is 19.0 Å². The Morgan fingerprint density at radius 2 is 2.00 bits per heavy atom. The van der Waals surface area contributed by atoms with Crippen LogP contribution in [0.15, 0.2) is 33.9 Å². The number of rotatable bonds is 3. The molecular formula is C11H12ClN3O4. The van der Waals surface area contributed by atoms with Crippen molar-refractivity contribution in [3.05, 3.63) is 45.0 Å². The molecule has 0 radical (unpaired) electrons. The second-order valence-corrected chi connectivity index (χ2v) is 3.83. The minimum absolute atomic E-state index is 0. The van der Waals surface area contributed by atoms with Crippen molar-refractivity contribution >= 4 is 29.4 Å². The number of aromatic nitrogens is 2. The maximum absolute atomic E-state index is 11.7. The molecule has 0 aliphatic heterocycles. The number of aromatic amines is 1. The van der Waals surface area contributed by atoms with Gasteiger partial charge >= 0.3 is 17.1 Å². The van der Waals surface area contributed by atoms with Gasteiger partial charge in [0.2, 0.25) is 0 Å². The normalized spacial score (nSPS) is 11.8. The largest absolute Gasteiger partial charge is 0.480 e. The van der Waals surface area contributed by atoms with Crippen LogP contribution in [-0.4, -0.2) is 26.7 Å². The second kappa shape index (κ2) is 5.68. The highest BCUT2D eigenvalue weighted by molar-refractivity contribution is 5.85. The van der Waals surface area contributed by atoms with Crippen LogP contribution in [0.3, 0.4) is 0 Å². The van der Waals surface area contributed by atoms with Crippen LogP contribution in [0.25, 0.3) is 11.0 Å². The van der Waals surface area contributed by atoms with Gasteiger partial charge in [0.15, 0.2) is 0 Å². The predicted octanol–water partition coefficient (Wildman–Crippen LogP) is -0.477. The van der Waals surface area contributed by atoms with Crippen molar-refractivity contribution < 1.29 is 9.90 Å². The Balaban J connectivity index is 0.00000180. The first-order chi connectivity index (χ1) is 8.50. The molecule has 1 heterocycles. The molecule has 0 unspecified atom stereocenters. The smallest absolute Gasteiger partial charge is 0.322 e. The van der Waals surface area contributed by atoms with Crippen LogP contribution in [0.1, 0.15) is 0 Å². The monoisotopic (exact) mass is 285 g/mol. The van der Waals surface area contributed by atoms with Crippen molar-refractivity contribution in [2.24, 2.45) is 5.73 Å². The van der Waals surface area contributed by atoms with E-state index < -0.39 is 23.1 Å². The molecule has 2 aromatic rings. The summed E-state index contributed by atoms with van der Waals surface area (Å²) in [7, 11) is 0.